The second-order valence-electron chi connectivity index (χ2n) is 7.41. The number of hydrogen-bond donors (Lipinski definition) is 0. The van der Waals surface area contributed by atoms with E-state index in [0.717, 1.165) is 17.7 Å². The number of carbonyl (C=O) groups excluding carboxylic acids is 2. The second-order valence-corrected chi connectivity index (χ2v) is 7.41. The summed E-state index contributed by atoms with van der Waals surface area (Å²) in [5.74, 6) is -0.626. The molecule has 1 saturated heterocycles. The van der Waals surface area contributed by atoms with Crippen LogP contribution in [0.5, 0.6) is 0 Å². The van der Waals surface area contributed by atoms with Gasteiger partial charge in [-0.25, -0.2) is 0 Å². The lowest BCUT2D eigenvalue weighted by Gasteiger charge is -2.28. The molecule has 0 unspecified atom stereocenters. The first-order chi connectivity index (χ1) is 13.8. The van der Waals surface area contributed by atoms with Crippen LogP contribution in [0.1, 0.15) is 37.4 Å². The highest BCUT2D eigenvalue weighted by Crippen LogP contribution is 2.30. The smallest absolute Gasteiger partial charge is 0.269 e. The molecule has 2 atom stereocenters. The molecule has 0 aromatic heterocycles. The highest BCUT2D eigenvalue weighted by Gasteiger charge is 2.37. The number of benzene rings is 2. The number of nitrogens with zero attached hydrogens (tertiary/aromatic N) is 3. The molecule has 29 heavy (non-hydrogen) atoms. The molecule has 1 aliphatic rings. The third kappa shape index (κ3) is 4.29. The van der Waals surface area contributed by atoms with Gasteiger partial charge in [-0.2, -0.15) is 0 Å². The van der Waals surface area contributed by atoms with E-state index >= 15 is 0 Å². The van der Waals surface area contributed by atoms with Crippen molar-refractivity contribution in [2.45, 2.75) is 32.7 Å². The van der Waals surface area contributed by atoms with Crippen LogP contribution in [0.3, 0.4) is 0 Å². The van der Waals surface area contributed by atoms with Crippen molar-refractivity contribution in [1.29, 1.82) is 0 Å². The Morgan fingerprint density at radius 3 is 2.69 bits per heavy atom. The van der Waals surface area contributed by atoms with Crippen LogP contribution in [-0.2, 0) is 16.0 Å². The van der Waals surface area contributed by atoms with Crippen molar-refractivity contribution in [1.82, 2.24) is 4.90 Å². The molecule has 2 aromatic carbocycles. The number of nitro benzene ring substituents is 1. The monoisotopic (exact) mass is 395 g/mol. The van der Waals surface area contributed by atoms with Crippen molar-refractivity contribution in [2.24, 2.45) is 5.92 Å². The second kappa shape index (κ2) is 8.43. The summed E-state index contributed by atoms with van der Waals surface area (Å²) >= 11 is 0. The first-order valence-corrected chi connectivity index (χ1v) is 9.72. The maximum atomic E-state index is 13.0. The number of anilines is 1. The van der Waals surface area contributed by atoms with Gasteiger partial charge in [0.1, 0.15) is 0 Å². The van der Waals surface area contributed by atoms with Gasteiger partial charge in [0.25, 0.3) is 5.69 Å². The Morgan fingerprint density at radius 1 is 1.28 bits per heavy atom. The third-order valence-corrected chi connectivity index (χ3v) is 5.60. The fraction of sp³-hybridized carbons (Fsp3) is 0.364. The molecule has 2 amide bonds. The van der Waals surface area contributed by atoms with Crippen LogP contribution >= 0.6 is 0 Å². The molecule has 1 fully saturated rings. The molecule has 0 bridgehead atoms. The quantitative estimate of drug-likeness (QED) is 0.551. The molecule has 0 spiro atoms. The van der Waals surface area contributed by atoms with Gasteiger partial charge in [-0.05, 0) is 36.6 Å². The maximum Gasteiger partial charge on any atom is 0.269 e. The molecule has 1 aliphatic heterocycles. The largest absolute Gasteiger partial charge is 0.339 e. The van der Waals surface area contributed by atoms with E-state index in [1.54, 1.807) is 29.0 Å². The van der Waals surface area contributed by atoms with Gasteiger partial charge in [-0.1, -0.05) is 31.2 Å². The first-order valence-electron chi connectivity index (χ1n) is 9.72. The summed E-state index contributed by atoms with van der Waals surface area (Å²) in [5, 5.41) is 11.0. The lowest BCUT2D eigenvalue weighted by molar-refractivity contribution is -0.384. The number of rotatable bonds is 6. The average molecular weight is 395 g/mol. The topological polar surface area (TPSA) is 83.8 Å². The zero-order chi connectivity index (χ0) is 21.1. The minimum absolute atomic E-state index is 0.00627. The Morgan fingerprint density at radius 2 is 2.00 bits per heavy atom. The predicted octanol–water partition coefficient (Wildman–Crippen LogP) is 3.73. The zero-order valence-electron chi connectivity index (χ0n) is 16.9. The number of carbonyl (C=O) groups is 2. The summed E-state index contributed by atoms with van der Waals surface area (Å²) in [6.45, 7) is 4.23. The van der Waals surface area contributed by atoms with Gasteiger partial charge >= 0.3 is 0 Å². The molecule has 0 aliphatic carbocycles. The van der Waals surface area contributed by atoms with E-state index < -0.39 is 10.8 Å². The lowest BCUT2D eigenvalue weighted by Crippen LogP contribution is -2.36. The van der Waals surface area contributed by atoms with Crippen molar-refractivity contribution < 1.29 is 14.5 Å². The summed E-state index contributed by atoms with van der Waals surface area (Å²) in [5.41, 5.74) is 2.64. The third-order valence-electron chi connectivity index (χ3n) is 5.60. The van der Waals surface area contributed by atoms with Crippen molar-refractivity contribution >= 4 is 23.2 Å². The molecule has 152 valence electrons. The Kier molecular flexibility index (Phi) is 5.96. The highest BCUT2D eigenvalue weighted by atomic mass is 16.6. The fourth-order valence-corrected chi connectivity index (χ4v) is 3.67. The molecular weight excluding hydrogens is 370 g/mol. The van der Waals surface area contributed by atoms with Crippen LogP contribution in [-0.4, -0.2) is 35.2 Å². The molecule has 0 N–H and O–H groups in total. The number of hydrogen-bond acceptors (Lipinski definition) is 4. The number of aryl methyl sites for hydroxylation is 1. The van der Waals surface area contributed by atoms with Crippen molar-refractivity contribution in [3.63, 3.8) is 0 Å². The van der Waals surface area contributed by atoms with Crippen molar-refractivity contribution in [3.05, 3.63) is 69.8 Å². The van der Waals surface area contributed by atoms with Crippen LogP contribution in [0.15, 0.2) is 48.5 Å². The van der Waals surface area contributed by atoms with E-state index in [9.17, 15) is 19.7 Å². The maximum absolute atomic E-state index is 13.0. The average Bonchev–Trinajstić information content (AvgIpc) is 3.13. The molecule has 7 nitrogen and oxygen atoms in total. The van der Waals surface area contributed by atoms with Crippen molar-refractivity contribution in [3.8, 4) is 0 Å². The van der Waals surface area contributed by atoms with E-state index in [-0.39, 0.29) is 30.0 Å². The van der Waals surface area contributed by atoms with Gasteiger partial charge in [0.05, 0.1) is 16.9 Å². The Hall–Kier alpha value is -3.22. The zero-order valence-corrected chi connectivity index (χ0v) is 16.9. The van der Waals surface area contributed by atoms with Crippen molar-refractivity contribution in [2.75, 3.05) is 18.5 Å². The van der Waals surface area contributed by atoms with Crippen LogP contribution in [0.2, 0.25) is 0 Å². The Balaban J connectivity index is 1.73. The van der Waals surface area contributed by atoms with Crippen LogP contribution in [0.4, 0.5) is 11.4 Å². The number of amides is 2. The normalized spacial score (nSPS) is 17.3. The minimum atomic E-state index is -0.448. The fourth-order valence-electron chi connectivity index (χ4n) is 3.67. The Bertz CT molecular complexity index is 943. The summed E-state index contributed by atoms with van der Waals surface area (Å²) in [7, 11) is 1.68. The molecule has 1 heterocycles. The van der Waals surface area contributed by atoms with Gasteiger partial charge in [-0.3, -0.25) is 19.7 Å². The predicted molar refractivity (Wildman–Crippen MR) is 111 cm³/mol. The first kappa shape index (κ1) is 20.5. The Labute approximate surface area is 170 Å². The van der Waals surface area contributed by atoms with E-state index in [1.165, 1.54) is 12.1 Å². The van der Waals surface area contributed by atoms with Gasteiger partial charge in [-0.15, -0.1) is 0 Å². The van der Waals surface area contributed by atoms with Crippen LogP contribution in [0.25, 0.3) is 0 Å². The lowest BCUT2D eigenvalue weighted by atomic mass is 10.0. The molecule has 0 radical (unpaired) electrons. The van der Waals surface area contributed by atoms with E-state index in [2.05, 4.69) is 6.92 Å². The molecule has 7 heteroatoms. The standard InChI is InChI=1S/C22H25N3O4/c1-4-16-7-5-9-19(11-16)24-14-18(13-21(24)26)22(27)23(3)15(2)17-8-6-10-20(12-17)25(28)29/h5-12,15,18H,4,13-14H2,1-3H3/t15-,18-/m1/s1. The number of nitro groups is 1. The van der Waals surface area contributed by atoms with Gasteiger partial charge in [0, 0.05) is 37.8 Å². The summed E-state index contributed by atoms with van der Waals surface area (Å²) in [6, 6.07) is 13.8. The van der Waals surface area contributed by atoms with Crippen LogP contribution in [0, 0.1) is 16.0 Å². The van der Waals surface area contributed by atoms with Gasteiger partial charge < -0.3 is 9.80 Å². The molecule has 0 saturated carbocycles. The molecular formula is C22H25N3O4. The van der Waals surface area contributed by atoms with E-state index in [1.807, 2.05) is 31.2 Å². The SMILES string of the molecule is CCc1cccc(N2C[C@H](C(=O)N(C)[C@H](C)c3cccc([N+](=O)[O-])c3)CC2=O)c1. The summed E-state index contributed by atoms with van der Waals surface area (Å²) in [6.07, 6.45) is 1.04. The van der Waals surface area contributed by atoms with Gasteiger partial charge in [0.2, 0.25) is 11.8 Å². The summed E-state index contributed by atoms with van der Waals surface area (Å²) in [4.78, 5) is 39.4. The molecule has 2 aromatic rings. The van der Waals surface area contributed by atoms with E-state index in [0.29, 0.717) is 12.1 Å². The van der Waals surface area contributed by atoms with Gasteiger partial charge in [0.15, 0.2) is 0 Å². The summed E-state index contributed by atoms with van der Waals surface area (Å²) < 4.78 is 0. The van der Waals surface area contributed by atoms with Crippen LogP contribution < -0.4 is 4.90 Å². The molecule has 3 rings (SSSR count). The minimum Gasteiger partial charge on any atom is -0.339 e. The number of non-ortho nitro benzene ring substituents is 1. The highest BCUT2D eigenvalue weighted by molar-refractivity contribution is 6.00. The van der Waals surface area contributed by atoms with E-state index in [4.69, 9.17) is 0 Å².